The van der Waals surface area contributed by atoms with Gasteiger partial charge in [-0.25, -0.2) is 19.4 Å². The first-order valence-corrected chi connectivity index (χ1v) is 12.9. The van der Waals surface area contributed by atoms with E-state index < -0.39 is 11.7 Å². The highest BCUT2D eigenvalue weighted by Crippen LogP contribution is 2.35. The highest BCUT2D eigenvalue weighted by molar-refractivity contribution is 5.99. The molecule has 2 fully saturated rings. The zero-order valence-electron chi connectivity index (χ0n) is 22.4. The summed E-state index contributed by atoms with van der Waals surface area (Å²) in [5.74, 6) is 0.833. The van der Waals surface area contributed by atoms with Crippen molar-refractivity contribution in [3.05, 3.63) is 24.5 Å². The van der Waals surface area contributed by atoms with Crippen LogP contribution in [0.2, 0.25) is 0 Å². The molecule has 0 saturated carbocycles. The summed E-state index contributed by atoms with van der Waals surface area (Å²) in [6, 6.07) is 6.07. The lowest BCUT2D eigenvalue weighted by atomic mass is 10.0. The molecule has 5 rings (SSSR count). The minimum atomic E-state index is -0.608. The molecule has 3 aromatic rings. The second-order valence-corrected chi connectivity index (χ2v) is 10.4. The molecular weight excluding hydrogens is 488 g/mol. The van der Waals surface area contributed by atoms with E-state index >= 15 is 0 Å². The number of hydrogen-bond acceptors (Lipinski definition) is 10. The second-order valence-electron chi connectivity index (χ2n) is 10.4. The number of carbonyl (C=O) groups is 1. The number of nitrogens with one attached hydrogen (secondary N) is 1. The van der Waals surface area contributed by atoms with Gasteiger partial charge in [0.25, 0.3) is 0 Å². The number of rotatable bonds is 8. The summed E-state index contributed by atoms with van der Waals surface area (Å²) in [5, 5.41) is 8.35. The van der Waals surface area contributed by atoms with Gasteiger partial charge in [-0.2, -0.15) is 5.10 Å². The van der Waals surface area contributed by atoms with Crippen LogP contribution in [0.25, 0.3) is 22.3 Å². The number of piperidine rings is 1. The standard InChI is InChI=1S/C26H36N8O4/c1-26(14-37-15-26)38-25(35)30-19-6-5-17(13-20(19)36-4)22-21-23(27)28-16-29-24(21)34(31-22)12-11-33-9-7-18(8-10-33)32(2)3/h5-6,13,16,18H,7-12,14-15H2,1-4H3,(H,30,35)(H2,27,28,29). The van der Waals surface area contributed by atoms with Gasteiger partial charge < -0.3 is 29.7 Å². The van der Waals surface area contributed by atoms with Gasteiger partial charge in [-0.15, -0.1) is 0 Å². The Hall–Kier alpha value is -3.48. The summed E-state index contributed by atoms with van der Waals surface area (Å²) in [5.41, 5.74) is 8.31. The first kappa shape index (κ1) is 26.1. The van der Waals surface area contributed by atoms with Gasteiger partial charge >= 0.3 is 6.09 Å². The molecule has 0 unspecified atom stereocenters. The van der Waals surface area contributed by atoms with Crippen molar-refractivity contribution < 1.29 is 19.0 Å². The van der Waals surface area contributed by atoms with Gasteiger partial charge in [-0.05, 0) is 59.1 Å². The van der Waals surface area contributed by atoms with Crippen LogP contribution in [0.4, 0.5) is 16.3 Å². The third-order valence-corrected chi connectivity index (χ3v) is 7.34. The Bertz CT molecular complexity index is 1300. The minimum absolute atomic E-state index is 0.365. The highest BCUT2D eigenvalue weighted by Gasteiger charge is 2.37. The fraction of sp³-hybridized carbons (Fsp3) is 0.538. The van der Waals surface area contributed by atoms with Gasteiger partial charge in [-0.1, -0.05) is 6.07 Å². The number of nitrogen functional groups attached to an aromatic ring is 1. The van der Waals surface area contributed by atoms with Crippen LogP contribution < -0.4 is 15.8 Å². The number of nitrogens with zero attached hydrogens (tertiary/aromatic N) is 6. The summed E-state index contributed by atoms with van der Waals surface area (Å²) >= 11 is 0. The topological polar surface area (TPSA) is 133 Å². The largest absolute Gasteiger partial charge is 0.495 e. The van der Waals surface area contributed by atoms with Crippen LogP contribution >= 0.6 is 0 Å². The Morgan fingerprint density at radius 3 is 2.66 bits per heavy atom. The van der Waals surface area contributed by atoms with Crippen LogP contribution in [-0.4, -0.2) is 101 Å². The Morgan fingerprint density at radius 1 is 1.24 bits per heavy atom. The van der Waals surface area contributed by atoms with E-state index in [9.17, 15) is 4.79 Å². The number of likely N-dealkylation sites (tertiary alicyclic amines) is 1. The monoisotopic (exact) mass is 524 g/mol. The van der Waals surface area contributed by atoms with Crippen molar-refractivity contribution in [3.63, 3.8) is 0 Å². The molecule has 0 atom stereocenters. The van der Waals surface area contributed by atoms with Gasteiger partial charge in [0.15, 0.2) is 11.2 Å². The summed E-state index contributed by atoms with van der Waals surface area (Å²) in [7, 11) is 5.84. The fourth-order valence-corrected chi connectivity index (χ4v) is 5.03. The second kappa shape index (κ2) is 10.7. The lowest BCUT2D eigenvalue weighted by Crippen LogP contribution is -2.51. The van der Waals surface area contributed by atoms with Crippen LogP contribution in [-0.2, 0) is 16.0 Å². The maximum absolute atomic E-state index is 12.4. The predicted molar refractivity (Wildman–Crippen MR) is 144 cm³/mol. The van der Waals surface area contributed by atoms with Crippen LogP contribution in [0.1, 0.15) is 19.8 Å². The molecule has 12 heteroatoms. The van der Waals surface area contributed by atoms with Crippen molar-refractivity contribution in [1.29, 1.82) is 0 Å². The zero-order chi connectivity index (χ0) is 26.9. The molecule has 1 amide bonds. The lowest BCUT2D eigenvalue weighted by Gasteiger charge is -2.36. The molecule has 12 nitrogen and oxygen atoms in total. The fourth-order valence-electron chi connectivity index (χ4n) is 5.03. The number of methoxy groups -OCH3 is 1. The van der Waals surface area contributed by atoms with E-state index in [-0.39, 0.29) is 0 Å². The van der Waals surface area contributed by atoms with Crippen molar-refractivity contribution in [2.75, 3.05) is 65.1 Å². The quantitative estimate of drug-likeness (QED) is 0.453. The van der Waals surface area contributed by atoms with Crippen molar-refractivity contribution in [2.24, 2.45) is 0 Å². The van der Waals surface area contributed by atoms with Crippen molar-refractivity contribution >= 4 is 28.6 Å². The molecule has 204 valence electrons. The molecule has 3 N–H and O–H groups in total. The minimum Gasteiger partial charge on any atom is -0.495 e. The molecule has 4 heterocycles. The van der Waals surface area contributed by atoms with Gasteiger partial charge in [0.2, 0.25) is 0 Å². The van der Waals surface area contributed by atoms with E-state index in [4.69, 9.17) is 25.0 Å². The molecule has 2 aliphatic rings. The van der Waals surface area contributed by atoms with Crippen LogP contribution in [0.3, 0.4) is 0 Å². The molecule has 0 spiro atoms. The zero-order valence-corrected chi connectivity index (χ0v) is 22.4. The van der Waals surface area contributed by atoms with Gasteiger partial charge in [0.1, 0.15) is 23.6 Å². The maximum atomic E-state index is 12.4. The molecule has 0 bridgehead atoms. The van der Waals surface area contributed by atoms with E-state index in [2.05, 4.69) is 39.2 Å². The van der Waals surface area contributed by atoms with Crippen molar-refractivity contribution in [2.45, 2.75) is 38.0 Å². The van der Waals surface area contributed by atoms with E-state index in [0.717, 1.165) is 38.0 Å². The van der Waals surface area contributed by atoms with E-state index in [1.807, 2.05) is 23.7 Å². The normalized spacial score (nSPS) is 17.9. The molecule has 0 aliphatic carbocycles. The van der Waals surface area contributed by atoms with Crippen LogP contribution in [0.5, 0.6) is 5.75 Å². The summed E-state index contributed by atoms with van der Waals surface area (Å²) in [6.07, 6.45) is 3.22. The smallest absolute Gasteiger partial charge is 0.412 e. The Kier molecular flexibility index (Phi) is 7.37. The average Bonchev–Trinajstić information content (AvgIpc) is 3.27. The third kappa shape index (κ3) is 5.38. The first-order chi connectivity index (χ1) is 18.3. The van der Waals surface area contributed by atoms with Gasteiger partial charge in [0, 0.05) is 18.2 Å². The van der Waals surface area contributed by atoms with Gasteiger partial charge in [-0.3, -0.25) is 5.32 Å². The van der Waals surface area contributed by atoms with Crippen molar-refractivity contribution in [1.82, 2.24) is 29.5 Å². The maximum Gasteiger partial charge on any atom is 0.412 e. The number of amides is 1. The van der Waals surface area contributed by atoms with Crippen LogP contribution in [0, 0.1) is 0 Å². The Labute approximate surface area is 222 Å². The van der Waals surface area contributed by atoms with E-state index in [0.29, 0.717) is 59.8 Å². The SMILES string of the molecule is COc1cc(-c2nn(CCN3CCC(N(C)C)CC3)c3ncnc(N)c23)ccc1NC(=O)OC1(C)COC1. The summed E-state index contributed by atoms with van der Waals surface area (Å²) in [4.78, 5) is 25.9. The molecule has 1 aromatic carbocycles. The average molecular weight is 525 g/mol. The van der Waals surface area contributed by atoms with Crippen molar-refractivity contribution in [3.8, 4) is 17.0 Å². The predicted octanol–water partition coefficient (Wildman–Crippen LogP) is 2.45. The van der Waals surface area contributed by atoms with Crippen LogP contribution in [0.15, 0.2) is 24.5 Å². The lowest BCUT2D eigenvalue weighted by molar-refractivity contribution is -0.164. The molecule has 2 aromatic heterocycles. The molecule has 2 aliphatic heterocycles. The first-order valence-electron chi connectivity index (χ1n) is 12.9. The molecule has 2 saturated heterocycles. The van der Waals surface area contributed by atoms with Gasteiger partial charge in [0.05, 0.1) is 37.9 Å². The molecular formula is C26H36N8O4. The highest BCUT2D eigenvalue weighted by atomic mass is 16.6. The number of fused-ring (bicyclic) bond motifs is 1. The number of aromatic nitrogens is 4. The number of nitrogens with two attached hydrogens (primary N) is 1. The molecule has 38 heavy (non-hydrogen) atoms. The number of ether oxygens (including phenoxy) is 3. The van der Waals surface area contributed by atoms with E-state index in [1.54, 1.807) is 13.2 Å². The summed E-state index contributed by atoms with van der Waals surface area (Å²) < 4.78 is 18.1. The molecule has 0 radical (unpaired) electrons. The number of benzene rings is 1. The summed E-state index contributed by atoms with van der Waals surface area (Å²) in [6.45, 7) is 6.27. The third-order valence-electron chi connectivity index (χ3n) is 7.34. The number of anilines is 2. The number of carbonyl (C=O) groups excluding carboxylic acids is 1. The number of hydrogen-bond donors (Lipinski definition) is 2. The Morgan fingerprint density at radius 2 is 2.00 bits per heavy atom. The van der Waals surface area contributed by atoms with E-state index in [1.165, 1.54) is 6.33 Å². The Balaban J connectivity index is 1.36.